The van der Waals surface area contributed by atoms with Gasteiger partial charge in [-0.3, -0.25) is 0 Å². The van der Waals surface area contributed by atoms with E-state index in [9.17, 15) is 18.0 Å². The summed E-state index contributed by atoms with van der Waals surface area (Å²) in [5.74, 6) is -0.309. The molecule has 0 aromatic rings. The van der Waals surface area contributed by atoms with Crippen LogP contribution in [0.3, 0.4) is 0 Å². The Bertz CT molecular complexity index is 406. The molecule has 0 aliphatic carbocycles. The molecular formula is C10H18N2O5S. The Morgan fingerprint density at radius 2 is 2.17 bits per heavy atom. The van der Waals surface area contributed by atoms with Crippen LogP contribution in [0.4, 0.5) is 4.79 Å². The minimum atomic E-state index is -3.92. The molecule has 1 N–H and O–H groups in total. The zero-order valence-electron chi connectivity index (χ0n) is 10.5. The van der Waals surface area contributed by atoms with Crippen molar-refractivity contribution in [1.29, 1.82) is 0 Å². The normalized spacial score (nSPS) is 21.6. The lowest BCUT2D eigenvalue weighted by Gasteiger charge is -2.28. The molecule has 1 atom stereocenters. The SMILES string of the molecule is CC(C)OC(=O)NS(=O)(=O)N1CCCC(C=O)C1. The quantitative estimate of drug-likeness (QED) is 0.745. The lowest BCUT2D eigenvalue weighted by Crippen LogP contribution is -2.48. The van der Waals surface area contributed by atoms with Crippen molar-refractivity contribution >= 4 is 22.6 Å². The number of carbonyl (C=O) groups excluding carboxylic acids is 2. The van der Waals surface area contributed by atoms with Gasteiger partial charge >= 0.3 is 16.3 Å². The smallest absolute Gasteiger partial charge is 0.422 e. The van der Waals surface area contributed by atoms with Gasteiger partial charge < -0.3 is 9.53 Å². The number of ether oxygens (including phenoxy) is 1. The van der Waals surface area contributed by atoms with Gasteiger partial charge in [0.2, 0.25) is 0 Å². The maximum atomic E-state index is 11.8. The van der Waals surface area contributed by atoms with E-state index < -0.39 is 22.4 Å². The Kier molecular flexibility index (Phi) is 5.09. The molecule has 18 heavy (non-hydrogen) atoms. The number of nitrogens with one attached hydrogen (secondary N) is 1. The first kappa shape index (κ1) is 14.9. The highest BCUT2D eigenvalue weighted by Crippen LogP contribution is 2.16. The van der Waals surface area contributed by atoms with E-state index >= 15 is 0 Å². The van der Waals surface area contributed by atoms with E-state index in [1.807, 2.05) is 4.72 Å². The van der Waals surface area contributed by atoms with Gasteiger partial charge in [-0.1, -0.05) is 0 Å². The van der Waals surface area contributed by atoms with Gasteiger partial charge in [-0.05, 0) is 26.7 Å². The highest BCUT2D eigenvalue weighted by molar-refractivity contribution is 7.87. The first-order valence-corrected chi connectivity index (χ1v) is 7.23. The molecular weight excluding hydrogens is 260 g/mol. The Morgan fingerprint density at radius 3 is 2.72 bits per heavy atom. The standard InChI is InChI=1S/C10H18N2O5S/c1-8(2)17-10(14)11-18(15,16)12-5-3-4-9(6-12)7-13/h7-9H,3-6H2,1-2H3,(H,11,14). The molecule has 0 radical (unpaired) electrons. The summed E-state index contributed by atoms with van der Waals surface area (Å²) in [4.78, 5) is 21.9. The van der Waals surface area contributed by atoms with Crippen LogP contribution in [0.2, 0.25) is 0 Å². The molecule has 1 aliphatic rings. The van der Waals surface area contributed by atoms with Crippen molar-refractivity contribution in [2.24, 2.45) is 5.92 Å². The van der Waals surface area contributed by atoms with Crippen LogP contribution in [0.25, 0.3) is 0 Å². The predicted molar refractivity (Wildman–Crippen MR) is 64.0 cm³/mol. The number of aldehydes is 1. The maximum Gasteiger partial charge on any atom is 0.422 e. The van der Waals surface area contributed by atoms with Gasteiger partial charge in [0.05, 0.1) is 6.10 Å². The highest BCUT2D eigenvalue weighted by atomic mass is 32.2. The average Bonchev–Trinajstić information content (AvgIpc) is 2.27. The van der Waals surface area contributed by atoms with Crippen LogP contribution in [0.5, 0.6) is 0 Å². The summed E-state index contributed by atoms with van der Waals surface area (Å²) in [6, 6.07) is 0. The van der Waals surface area contributed by atoms with Crippen LogP contribution in [0, 0.1) is 5.92 Å². The molecule has 1 aliphatic heterocycles. The average molecular weight is 278 g/mol. The summed E-state index contributed by atoms with van der Waals surface area (Å²) in [6.07, 6.45) is 0.617. The topological polar surface area (TPSA) is 92.8 Å². The zero-order valence-corrected chi connectivity index (χ0v) is 11.3. The minimum Gasteiger partial charge on any atom is -0.446 e. The molecule has 0 saturated carbocycles. The minimum absolute atomic E-state index is 0.105. The first-order valence-electron chi connectivity index (χ1n) is 5.79. The van der Waals surface area contributed by atoms with Crippen LogP contribution in [-0.4, -0.2) is 44.3 Å². The molecule has 0 spiro atoms. The molecule has 1 rings (SSSR count). The fourth-order valence-electron chi connectivity index (χ4n) is 1.71. The fourth-order valence-corrected chi connectivity index (χ4v) is 2.86. The Morgan fingerprint density at radius 1 is 1.50 bits per heavy atom. The van der Waals surface area contributed by atoms with E-state index in [2.05, 4.69) is 0 Å². The van der Waals surface area contributed by atoms with E-state index in [0.717, 1.165) is 10.6 Å². The third kappa shape index (κ3) is 4.26. The third-order valence-corrected chi connectivity index (χ3v) is 3.94. The molecule has 1 fully saturated rings. The van der Waals surface area contributed by atoms with Gasteiger partial charge in [0.1, 0.15) is 6.29 Å². The van der Waals surface area contributed by atoms with E-state index in [1.54, 1.807) is 13.8 Å². The van der Waals surface area contributed by atoms with Crippen LogP contribution in [-0.2, 0) is 19.7 Å². The van der Waals surface area contributed by atoms with Gasteiger partial charge in [0.25, 0.3) is 0 Å². The van der Waals surface area contributed by atoms with Crippen molar-refractivity contribution < 1.29 is 22.7 Å². The number of amides is 1. The number of carbonyl (C=O) groups is 2. The first-order chi connectivity index (χ1) is 8.35. The van der Waals surface area contributed by atoms with Crippen molar-refractivity contribution in [2.45, 2.75) is 32.8 Å². The molecule has 8 heteroatoms. The lowest BCUT2D eigenvalue weighted by atomic mass is 10.0. The largest absolute Gasteiger partial charge is 0.446 e. The zero-order chi connectivity index (χ0) is 13.8. The Balaban J connectivity index is 2.62. The molecule has 104 valence electrons. The van der Waals surface area contributed by atoms with Gasteiger partial charge in [-0.15, -0.1) is 0 Å². The second-order valence-electron chi connectivity index (χ2n) is 4.46. The van der Waals surface area contributed by atoms with Crippen LogP contribution in [0.1, 0.15) is 26.7 Å². The summed E-state index contributed by atoms with van der Waals surface area (Å²) in [6.45, 7) is 3.65. The Labute approximate surface area is 107 Å². The summed E-state index contributed by atoms with van der Waals surface area (Å²) in [5.41, 5.74) is 0. The second-order valence-corrected chi connectivity index (χ2v) is 6.13. The van der Waals surface area contributed by atoms with Crippen molar-refractivity contribution in [3.8, 4) is 0 Å². The van der Waals surface area contributed by atoms with E-state index in [4.69, 9.17) is 4.74 Å². The number of hydrogen-bond acceptors (Lipinski definition) is 5. The number of piperidine rings is 1. The molecule has 1 amide bonds. The van der Waals surface area contributed by atoms with Crippen LogP contribution in [0.15, 0.2) is 0 Å². The molecule has 1 unspecified atom stereocenters. The Hall–Kier alpha value is -1.15. The number of hydrogen-bond donors (Lipinski definition) is 1. The fraction of sp³-hybridized carbons (Fsp3) is 0.800. The van der Waals surface area contributed by atoms with Gasteiger partial charge in [-0.2, -0.15) is 12.7 Å². The van der Waals surface area contributed by atoms with E-state index in [-0.39, 0.29) is 12.5 Å². The van der Waals surface area contributed by atoms with E-state index in [0.29, 0.717) is 19.4 Å². The molecule has 1 saturated heterocycles. The van der Waals surface area contributed by atoms with Crippen LogP contribution < -0.4 is 4.72 Å². The predicted octanol–water partition coefficient (Wildman–Crippen LogP) is 0.277. The lowest BCUT2D eigenvalue weighted by molar-refractivity contribution is -0.112. The molecule has 1 heterocycles. The van der Waals surface area contributed by atoms with Crippen LogP contribution >= 0.6 is 0 Å². The van der Waals surface area contributed by atoms with E-state index in [1.165, 1.54) is 0 Å². The molecule has 0 bridgehead atoms. The summed E-state index contributed by atoms with van der Waals surface area (Å²) in [7, 11) is -3.92. The van der Waals surface area contributed by atoms with Crippen molar-refractivity contribution in [3.05, 3.63) is 0 Å². The van der Waals surface area contributed by atoms with Crippen molar-refractivity contribution in [1.82, 2.24) is 9.03 Å². The monoisotopic (exact) mass is 278 g/mol. The number of nitrogens with zero attached hydrogens (tertiary/aromatic N) is 1. The van der Waals surface area contributed by atoms with Gasteiger partial charge in [-0.25, -0.2) is 9.52 Å². The number of rotatable bonds is 4. The third-order valence-electron chi connectivity index (χ3n) is 2.51. The summed E-state index contributed by atoms with van der Waals surface area (Å²) in [5, 5.41) is 0. The summed E-state index contributed by atoms with van der Waals surface area (Å²) >= 11 is 0. The van der Waals surface area contributed by atoms with Gasteiger partial charge in [0, 0.05) is 19.0 Å². The van der Waals surface area contributed by atoms with Gasteiger partial charge in [0.15, 0.2) is 0 Å². The molecule has 0 aromatic heterocycles. The van der Waals surface area contributed by atoms with Crippen molar-refractivity contribution in [3.63, 3.8) is 0 Å². The second kappa shape index (κ2) is 6.14. The molecule has 0 aromatic carbocycles. The summed E-state index contributed by atoms with van der Waals surface area (Å²) < 4.78 is 31.3. The van der Waals surface area contributed by atoms with Crippen molar-refractivity contribution in [2.75, 3.05) is 13.1 Å². The highest BCUT2D eigenvalue weighted by Gasteiger charge is 2.30. The molecule has 7 nitrogen and oxygen atoms in total. The maximum absolute atomic E-state index is 11.8.